The lowest BCUT2D eigenvalue weighted by Crippen LogP contribution is -2.33. The van der Waals surface area contributed by atoms with Crippen molar-refractivity contribution in [1.29, 1.82) is 0 Å². The van der Waals surface area contributed by atoms with Gasteiger partial charge in [0.2, 0.25) is 20.7 Å². The third-order valence-electron chi connectivity index (χ3n) is 5.38. The molecule has 0 aliphatic carbocycles. The number of aromatic nitrogens is 1. The summed E-state index contributed by atoms with van der Waals surface area (Å²) in [6.07, 6.45) is 4.30. The van der Waals surface area contributed by atoms with Crippen LogP contribution in [0.2, 0.25) is 0 Å². The minimum atomic E-state index is -3.96. The molecule has 2 heterocycles. The van der Waals surface area contributed by atoms with Crippen LogP contribution in [0, 0.1) is 27.7 Å². The number of pyridine rings is 1. The molecule has 3 aromatic rings. The number of hydrogen-bond acceptors (Lipinski definition) is 5. The Morgan fingerprint density at radius 2 is 1.36 bits per heavy atom. The Morgan fingerprint density at radius 3 is 1.91 bits per heavy atom. The van der Waals surface area contributed by atoms with Gasteiger partial charge < -0.3 is 4.42 Å². The molecule has 0 atom stereocenters. The minimum absolute atomic E-state index is 0.175. The fraction of sp³-hybridized carbons (Fsp3) is 0.400. The number of nitrogens with zero attached hydrogens (tertiary/aromatic N) is 1. The van der Waals surface area contributed by atoms with E-state index in [0.717, 1.165) is 22.3 Å². The van der Waals surface area contributed by atoms with E-state index in [1.54, 1.807) is 30.8 Å². The van der Waals surface area contributed by atoms with E-state index in [-0.39, 0.29) is 27.8 Å². The zero-order valence-corrected chi connectivity index (χ0v) is 21.7. The molecule has 1 aromatic carbocycles. The standard InChI is InChI=1S/C25H32NO5S2/c1-7-11-32(27,28)24-22(26-15-18(4)13-19(5)16-26)23(21-10-9-17(3)14-20(21)6)31-25(24)33(29,30)12-8-2/h9-10,13-16H,7-8,11-12H2,1-6H3/q+1. The summed E-state index contributed by atoms with van der Waals surface area (Å²) in [5.41, 5.74) is 4.65. The van der Waals surface area contributed by atoms with Crippen molar-refractivity contribution in [2.24, 2.45) is 0 Å². The van der Waals surface area contributed by atoms with E-state index < -0.39 is 24.8 Å². The average Bonchev–Trinajstić information content (AvgIpc) is 3.09. The first-order chi connectivity index (χ1) is 15.4. The van der Waals surface area contributed by atoms with Gasteiger partial charge in [-0.2, -0.15) is 4.57 Å². The molecule has 33 heavy (non-hydrogen) atoms. The molecule has 0 saturated heterocycles. The molecule has 0 unspecified atom stereocenters. The first-order valence-electron chi connectivity index (χ1n) is 11.1. The molecular weight excluding hydrogens is 458 g/mol. The van der Waals surface area contributed by atoms with Gasteiger partial charge in [-0.3, -0.25) is 0 Å². The van der Waals surface area contributed by atoms with Crippen molar-refractivity contribution in [3.05, 3.63) is 58.9 Å². The van der Waals surface area contributed by atoms with Gasteiger partial charge in [0, 0.05) is 16.7 Å². The van der Waals surface area contributed by atoms with Crippen LogP contribution >= 0.6 is 0 Å². The monoisotopic (exact) mass is 490 g/mol. The highest BCUT2D eigenvalue weighted by atomic mass is 32.2. The third-order valence-corrected chi connectivity index (χ3v) is 9.25. The summed E-state index contributed by atoms with van der Waals surface area (Å²) in [5, 5.41) is -0.463. The molecule has 0 fully saturated rings. The zero-order valence-electron chi connectivity index (χ0n) is 20.1. The zero-order chi connectivity index (χ0) is 24.6. The van der Waals surface area contributed by atoms with Crippen molar-refractivity contribution in [3.8, 4) is 17.0 Å². The fourth-order valence-electron chi connectivity index (χ4n) is 4.12. The highest BCUT2D eigenvalue weighted by molar-refractivity contribution is 7.94. The molecule has 0 saturated carbocycles. The van der Waals surface area contributed by atoms with Gasteiger partial charge in [-0.05, 0) is 52.2 Å². The van der Waals surface area contributed by atoms with E-state index >= 15 is 0 Å². The van der Waals surface area contributed by atoms with Crippen LogP contribution in [-0.2, 0) is 19.7 Å². The quantitative estimate of drug-likeness (QED) is 0.423. The van der Waals surface area contributed by atoms with Crippen LogP contribution in [0.1, 0.15) is 48.9 Å². The van der Waals surface area contributed by atoms with Crippen molar-refractivity contribution in [1.82, 2.24) is 0 Å². The van der Waals surface area contributed by atoms with Crippen LogP contribution in [0.25, 0.3) is 17.0 Å². The van der Waals surface area contributed by atoms with Crippen molar-refractivity contribution in [2.45, 2.75) is 64.4 Å². The molecule has 2 aromatic heterocycles. The summed E-state index contributed by atoms with van der Waals surface area (Å²) in [5.74, 6) is -0.128. The Labute approximate surface area is 197 Å². The largest absolute Gasteiger partial charge is 0.436 e. The maximum absolute atomic E-state index is 13.5. The second kappa shape index (κ2) is 9.43. The predicted octanol–water partition coefficient (Wildman–Crippen LogP) is 4.82. The first-order valence-corrected chi connectivity index (χ1v) is 14.4. The van der Waals surface area contributed by atoms with Gasteiger partial charge in [0.1, 0.15) is 0 Å². The average molecular weight is 491 g/mol. The molecule has 0 bridgehead atoms. The topological polar surface area (TPSA) is 85.3 Å². The van der Waals surface area contributed by atoms with Crippen molar-refractivity contribution in [2.75, 3.05) is 11.5 Å². The van der Waals surface area contributed by atoms with E-state index in [1.807, 2.05) is 52.0 Å². The molecule has 178 valence electrons. The van der Waals surface area contributed by atoms with Crippen LogP contribution in [-0.4, -0.2) is 28.3 Å². The lowest BCUT2D eigenvalue weighted by atomic mass is 10.0. The molecule has 6 nitrogen and oxygen atoms in total. The molecule has 3 rings (SSSR count). The lowest BCUT2D eigenvalue weighted by molar-refractivity contribution is -0.598. The maximum atomic E-state index is 13.5. The van der Waals surface area contributed by atoms with Gasteiger partial charge in [0.15, 0.2) is 27.1 Å². The smallest absolute Gasteiger partial charge is 0.277 e. The second-order valence-electron chi connectivity index (χ2n) is 8.65. The number of benzene rings is 1. The Kier molecular flexibility index (Phi) is 7.19. The minimum Gasteiger partial charge on any atom is -0.436 e. The highest BCUT2D eigenvalue weighted by Crippen LogP contribution is 2.40. The molecular formula is C25H32NO5S2+. The van der Waals surface area contributed by atoms with Crippen LogP contribution < -0.4 is 4.57 Å². The highest BCUT2D eigenvalue weighted by Gasteiger charge is 2.41. The first kappa shape index (κ1) is 25.2. The van der Waals surface area contributed by atoms with E-state index in [9.17, 15) is 16.8 Å². The van der Waals surface area contributed by atoms with E-state index in [2.05, 4.69) is 0 Å². The van der Waals surface area contributed by atoms with Crippen molar-refractivity contribution < 1.29 is 25.8 Å². The molecule has 0 aliphatic rings. The number of hydrogen-bond donors (Lipinski definition) is 0. The Bertz CT molecular complexity index is 1380. The SMILES string of the molecule is CCCS(=O)(=O)c1oc(-c2ccc(C)cc2C)c(-[n+]2cc(C)cc(C)c2)c1S(=O)(=O)CCC. The summed E-state index contributed by atoms with van der Waals surface area (Å²) >= 11 is 0. The van der Waals surface area contributed by atoms with Gasteiger partial charge >= 0.3 is 0 Å². The van der Waals surface area contributed by atoms with Crippen LogP contribution in [0.3, 0.4) is 0 Å². The summed E-state index contributed by atoms with van der Waals surface area (Å²) < 4.78 is 61.2. The van der Waals surface area contributed by atoms with E-state index in [0.29, 0.717) is 18.4 Å². The van der Waals surface area contributed by atoms with Gasteiger partial charge in [-0.1, -0.05) is 37.6 Å². The maximum Gasteiger partial charge on any atom is 0.277 e. The van der Waals surface area contributed by atoms with Gasteiger partial charge in [-0.15, -0.1) is 0 Å². The number of rotatable bonds is 8. The van der Waals surface area contributed by atoms with E-state index in [1.165, 1.54) is 0 Å². The van der Waals surface area contributed by atoms with Crippen LogP contribution in [0.15, 0.2) is 51.1 Å². The number of aryl methyl sites for hydroxylation is 4. The number of sulfone groups is 2. The summed E-state index contributed by atoms with van der Waals surface area (Å²) in [7, 11) is -7.91. The molecule has 0 N–H and O–H groups in total. The molecule has 8 heteroatoms. The summed E-state index contributed by atoms with van der Waals surface area (Å²) in [6.45, 7) is 11.2. The Balaban J connectivity index is 2.56. The summed E-state index contributed by atoms with van der Waals surface area (Å²) in [6, 6.07) is 7.69. The van der Waals surface area contributed by atoms with Crippen molar-refractivity contribution >= 4 is 19.7 Å². The Morgan fingerprint density at radius 1 is 0.788 bits per heavy atom. The van der Waals surface area contributed by atoms with Gasteiger partial charge in [0.25, 0.3) is 5.69 Å². The van der Waals surface area contributed by atoms with Crippen molar-refractivity contribution in [3.63, 3.8) is 0 Å². The van der Waals surface area contributed by atoms with Crippen LogP contribution in [0.5, 0.6) is 0 Å². The Hall–Kier alpha value is -2.45. The normalized spacial score (nSPS) is 12.3. The fourth-order valence-corrected chi connectivity index (χ4v) is 7.73. The van der Waals surface area contributed by atoms with Gasteiger partial charge in [-0.25, -0.2) is 16.8 Å². The molecule has 0 aliphatic heterocycles. The molecule has 0 radical (unpaired) electrons. The molecule has 0 amide bonds. The lowest BCUT2D eigenvalue weighted by Gasteiger charge is -2.07. The predicted molar refractivity (Wildman–Crippen MR) is 129 cm³/mol. The van der Waals surface area contributed by atoms with E-state index in [4.69, 9.17) is 4.42 Å². The third kappa shape index (κ3) is 5.06. The second-order valence-corrected chi connectivity index (χ2v) is 12.7. The summed E-state index contributed by atoms with van der Waals surface area (Å²) in [4.78, 5) is -0.247. The van der Waals surface area contributed by atoms with Gasteiger partial charge in [0.05, 0.1) is 11.5 Å². The number of furan rings is 1. The molecule has 0 spiro atoms. The van der Waals surface area contributed by atoms with Crippen LogP contribution in [0.4, 0.5) is 0 Å².